The van der Waals surface area contributed by atoms with Crippen molar-refractivity contribution in [2.75, 3.05) is 27.9 Å². The molecule has 1 rings (SSSR count). The van der Waals surface area contributed by atoms with Gasteiger partial charge in [-0.25, -0.2) is 9.48 Å². The van der Waals surface area contributed by atoms with Gasteiger partial charge in [0, 0.05) is 27.2 Å². The second kappa shape index (κ2) is 7.35. The Morgan fingerprint density at radius 3 is 2.55 bits per heavy atom. The Kier molecular flexibility index (Phi) is 6.09. The van der Waals surface area contributed by atoms with Crippen LogP contribution in [-0.4, -0.2) is 54.5 Å². The van der Waals surface area contributed by atoms with Crippen molar-refractivity contribution < 1.29 is 19.0 Å². The highest BCUT2D eigenvalue weighted by Crippen LogP contribution is 2.16. The van der Waals surface area contributed by atoms with Crippen molar-refractivity contribution >= 4 is 5.97 Å². The molecule has 1 aromatic heterocycles. The van der Waals surface area contributed by atoms with E-state index >= 15 is 0 Å². The predicted molar refractivity (Wildman–Crippen MR) is 72.6 cm³/mol. The number of carbonyl (C=O) groups is 1. The van der Waals surface area contributed by atoms with Gasteiger partial charge in [-0.15, -0.1) is 5.10 Å². The van der Waals surface area contributed by atoms with Gasteiger partial charge in [0.05, 0.1) is 25.0 Å². The summed E-state index contributed by atoms with van der Waals surface area (Å²) in [6.45, 7) is 5.11. The number of rotatable bonds is 8. The fraction of sp³-hybridized carbons (Fsp3) is 0.769. The van der Waals surface area contributed by atoms with Gasteiger partial charge in [0.25, 0.3) is 0 Å². The maximum atomic E-state index is 11.7. The molecule has 0 spiro atoms. The molecule has 0 amide bonds. The van der Waals surface area contributed by atoms with E-state index in [2.05, 4.69) is 10.3 Å². The lowest BCUT2D eigenvalue weighted by Gasteiger charge is -2.22. The highest BCUT2D eigenvalue weighted by Gasteiger charge is 2.22. The SMILES string of the molecule is COCCc1c(C(=O)OC)nnn1CCC(C)(C)OC. The molecule has 0 aliphatic heterocycles. The van der Waals surface area contributed by atoms with Crippen LogP contribution in [0.1, 0.15) is 36.5 Å². The van der Waals surface area contributed by atoms with Gasteiger partial charge in [-0.2, -0.15) is 0 Å². The summed E-state index contributed by atoms with van der Waals surface area (Å²) in [5.41, 5.74) is 0.723. The minimum atomic E-state index is -0.478. The minimum absolute atomic E-state index is 0.250. The largest absolute Gasteiger partial charge is 0.464 e. The van der Waals surface area contributed by atoms with E-state index in [1.807, 2.05) is 13.8 Å². The maximum Gasteiger partial charge on any atom is 0.360 e. The number of aryl methyl sites for hydroxylation is 1. The quantitative estimate of drug-likeness (QED) is 0.665. The highest BCUT2D eigenvalue weighted by molar-refractivity contribution is 5.88. The lowest BCUT2D eigenvalue weighted by molar-refractivity contribution is 0.0110. The number of methoxy groups -OCH3 is 3. The molecule has 0 aromatic carbocycles. The number of esters is 1. The number of hydrogen-bond donors (Lipinski definition) is 0. The molecule has 0 radical (unpaired) electrons. The van der Waals surface area contributed by atoms with Gasteiger partial charge in [-0.3, -0.25) is 0 Å². The van der Waals surface area contributed by atoms with Gasteiger partial charge in [0.15, 0.2) is 5.69 Å². The van der Waals surface area contributed by atoms with Crippen molar-refractivity contribution in [3.05, 3.63) is 11.4 Å². The number of hydrogen-bond acceptors (Lipinski definition) is 6. The molecule has 0 unspecified atom stereocenters. The third-order valence-electron chi connectivity index (χ3n) is 3.24. The monoisotopic (exact) mass is 285 g/mol. The molecule has 0 aliphatic rings. The van der Waals surface area contributed by atoms with E-state index in [4.69, 9.17) is 14.2 Å². The molecule has 20 heavy (non-hydrogen) atoms. The summed E-state index contributed by atoms with van der Waals surface area (Å²) >= 11 is 0. The first-order valence-electron chi connectivity index (χ1n) is 6.50. The lowest BCUT2D eigenvalue weighted by atomic mass is 10.1. The molecule has 1 aromatic rings. The number of carbonyl (C=O) groups excluding carboxylic acids is 1. The predicted octanol–water partition coefficient (Wildman–Crippen LogP) is 1.07. The molecule has 1 heterocycles. The maximum absolute atomic E-state index is 11.7. The number of nitrogens with zero attached hydrogens (tertiary/aromatic N) is 3. The van der Waals surface area contributed by atoms with Crippen LogP contribution < -0.4 is 0 Å². The van der Waals surface area contributed by atoms with Crippen molar-refractivity contribution in [3.8, 4) is 0 Å². The Morgan fingerprint density at radius 1 is 1.30 bits per heavy atom. The van der Waals surface area contributed by atoms with E-state index in [-0.39, 0.29) is 11.3 Å². The summed E-state index contributed by atoms with van der Waals surface area (Å²) in [5, 5.41) is 7.94. The normalized spacial score (nSPS) is 11.7. The minimum Gasteiger partial charge on any atom is -0.464 e. The summed E-state index contributed by atoms with van der Waals surface area (Å²) in [6, 6.07) is 0. The second-order valence-electron chi connectivity index (χ2n) is 5.06. The van der Waals surface area contributed by atoms with E-state index < -0.39 is 5.97 Å². The van der Waals surface area contributed by atoms with Crippen LogP contribution in [0.4, 0.5) is 0 Å². The third-order valence-corrected chi connectivity index (χ3v) is 3.24. The van der Waals surface area contributed by atoms with Crippen LogP contribution in [0, 0.1) is 0 Å². The topological polar surface area (TPSA) is 75.5 Å². The van der Waals surface area contributed by atoms with E-state index in [0.29, 0.717) is 19.6 Å². The Labute approximate surface area is 119 Å². The molecule has 0 saturated carbocycles. The van der Waals surface area contributed by atoms with Crippen molar-refractivity contribution in [1.82, 2.24) is 15.0 Å². The van der Waals surface area contributed by atoms with Gasteiger partial charge in [-0.1, -0.05) is 5.21 Å². The Bertz CT molecular complexity index is 443. The standard InChI is InChI=1S/C13H23N3O4/c1-13(2,20-5)7-8-16-10(6-9-18-3)11(14-15-16)12(17)19-4/h6-9H2,1-5H3. The van der Waals surface area contributed by atoms with E-state index in [1.165, 1.54) is 7.11 Å². The van der Waals surface area contributed by atoms with Crippen LogP contribution in [-0.2, 0) is 27.2 Å². The molecule has 0 bridgehead atoms. The first kappa shape index (κ1) is 16.6. The van der Waals surface area contributed by atoms with Gasteiger partial charge >= 0.3 is 5.97 Å². The number of ether oxygens (including phenoxy) is 3. The van der Waals surface area contributed by atoms with Gasteiger partial charge < -0.3 is 14.2 Å². The molecule has 114 valence electrons. The van der Waals surface area contributed by atoms with Gasteiger partial charge in [0.1, 0.15) is 0 Å². The summed E-state index contributed by atoms with van der Waals surface area (Å²) in [5.74, 6) is -0.478. The van der Waals surface area contributed by atoms with Crippen LogP contribution in [0.2, 0.25) is 0 Å². The second-order valence-corrected chi connectivity index (χ2v) is 5.06. The third kappa shape index (κ3) is 4.28. The fourth-order valence-corrected chi connectivity index (χ4v) is 1.69. The summed E-state index contributed by atoms with van der Waals surface area (Å²) in [6.07, 6.45) is 1.31. The molecule has 0 saturated heterocycles. The molecule has 0 fully saturated rings. The zero-order chi connectivity index (χ0) is 15.2. The summed E-state index contributed by atoms with van der Waals surface area (Å²) in [4.78, 5) is 11.7. The molecule has 7 heteroatoms. The van der Waals surface area contributed by atoms with Crippen molar-refractivity contribution in [2.24, 2.45) is 0 Å². The van der Waals surface area contributed by atoms with Crippen molar-refractivity contribution in [1.29, 1.82) is 0 Å². The molecule has 0 aliphatic carbocycles. The first-order valence-corrected chi connectivity index (χ1v) is 6.50. The highest BCUT2D eigenvalue weighted by atomic mass is 16.5. The Hall–Kier alpha value is -1.47. The fourth-order valence-electron chi connectivity index (χ4n) is 1.69. The summed E-state index contributed by atoms with van der Waals surface area (Å²) < 4.78 is 16.9. The van der Waals surface area contributed by atoms with E-state index in [0.717, 1.165) is 12.1 Å². The smallest absolute Gasteiger partial charge is 0.360 e. The average molecular weight is 285 g/mol. The van der Waals surface area contributed by atoms with Crippen molar-refractivity contribution in [3.63, 3.8) is 0 Å². The summed E-state index contributed by atoms with van der Waals surface area (Å²) in [7, 11) is 4.61. The Balaban J connectivity index is 2.89. The zero-order valence-electron chi connectivity index (χ0n) is 12.8. The van der Waals surface area contributed by atoms with Crippen LogP contribution in [0.25, 0.3) is 0 Å². The van der Waals surface area contributed by atoms with Gasteiger partial charge in [0.2, 0.25) is 0 Å². The number of aromatic nitrogens is 3. The Morgan fingerprint density at radius 2 is 2.00 bits per heavy atom. The lowest BCUT2D eigenvalue weighted by Crippen LogP contribution is -2.25. The van der Waals surface area contributed by atoms with E-state index in [9.17, 15) is 4.79 Å². The molecular weight excluding hydrogens is 262 g/mol. The molecule has 7 nitrogen and oxygen atoms in total. The van der Waals surface area contributed by atoms with Crippen LogP contribution in [0.5, 0.6) is 0 Å². The van der Waals surface area contributed by atoms with Crippen molar-refractivity contribution in [2.45, 2.75) is 38.8 Å². The molecule has 0 N–H and O–H groups in total. The molecular formula is C13H23N3O4. The van der Waals surface area contributed by atoms with Crippen LogP contribution >= 0.6 is 0 Å². The zero-order valence-corrected chi connectivity index (χ0v) is 12.8. The van der Waals surface area contributed by atoms with Gasteiger partial charge in [-0.05, 0) is 20.3 Å². The molecule has 0 atom stereocenters. The van der Waals surface area contributed by atoms with Crippen LogP contribution in [0.3, 0.4) is 0 Å². The first-order chi connectivity index (χ1) is 9.45. The average Bonchev–Trinajstić information content (AvgIpc) is 2.85. The van der Waals surface area contributed by atoms with Crippen LogP contribution in [0.15, 0.2) is 0 Å². The van der Waals surface area contributed by atoms with E-state index in [1.54, 1.807) is 18.9 Å².